The molecule has 0 bridgehead atoms. The molecular weight excluding hydrogens is 402 g/mol. The van der Waals surface area contributed by atoms with Crippen molar-refractivity contribution >= 4 is 31.9 Å². The third-order valence-corrected chi connectivity index (χ3v) is 5.90. The highest BCUT2D eigenvalue weighted by Crippen LogP contribution is 2.35. The minimum atomic E-state index is -0.807. The number of hydrogen-bond donors (Lipinski definition) is 0. The summed E-state index contributed by atoms with van der Waals surface area (Å²) in [6.07, 6.45) is 0.631. The van der Waals surface area contributed by atoms with E-state index in [4.69, 9.17) is 0 Å². The molecule has 4 heteroatoms. The van der Waals surface area contributed by atoms with E-state index >= 15 is 0 Å². The fourth-order valence-electron chi connectivity index (χ4n) is 2.58. The smallest absolute Gasteiger partial charge is 0.159 e. The predicted molar refractivity (Wildman–Crippen MR) is 90.5 cm³/mol. The first kappa shape index (κ1) is 16.6. The standard InChI is InChI=1S/C17H16Br2F2/c1-12-4-2-3-5-14(12)17(10-18,11-19)9-13-6-7-15(20)16(21)8-13/h2-8H,9-11H2,1H3. The van der Waals surface area contributed by atoms with Crippen molar-refractivity contribution in [3.05, 3.63) is 70.8 Å². The number of hydrogen-bond acceptors (Lipinski definition) is 0. The van der Waals surface area contributed by atoms with E-state index < -0.39 is 11.6 Å². The summed E-state index contributed by atoms with van der Waals surface area (Å²) in [6.45, 7) is 2.07. The minimum absolute atomic E-state index is 0.199. The highest BCUT2D eigenvalue weighted by Gasteiger charge is 2.31. The molecule has 21 heavy (non-hydrogen) atoms. The largest absolute Gasteiger partial charge is 0.204 e. The van der Waals surface area contributed by atoms with Crippen molar-refractivity contribution in [2.75, 3.05) is 10.7 Å². The van der Waals surface area contributed by atoms with Crippen LogP contribution in [0, 0.1) is 18.6 Å². The van der Waals surface area contributed by atoms with Gasteiger partial charge in [0.15, 0.2) is 11.6 Å². The van der Waals surface area contributed by atoms with Gasteiger partial charge in [-0.3, -0.25) is 0 Å². The molecule has 2 aromatic rings. The summed E-state index contributed by atoms with van der Waals surface area (Å²) < 4.78 is 26.5. The fraction of sp³-hybridized carbons (Fsp3) is 0.294. The number of rotatable bonds is 5. The predicted octanol–water partition coefficient (Wildman–Crippen LogP) is 5.54. The van der Waals surface area contributed by atoms with Gasteiger partial charge in [0.05, 0.1) is 0 Å². The van der Waals surface area contributed by atoms with Gasteiger partial charge < -0.3 is 0 Å². The molecule has 0 aliphatic rings. The summed E-state index contributed by atoms with van der Waals surface area (Å²) in [5.74, 6) is -1.60. The molecule has 0 unspecified atom stereocenters. The molecule has 0 N–H and O–H groups in total. The van der Waals surface area contributed by atoms with Gasteiger partial charge in [-0.2, -0.15) is 0 Å². The minimum Gasteiger partial charge on any atom is -0.204 e. The third kappa shape index (κ3) is 3.54. The topological polar surface area (TPSA) is 0 Å². The molecule has 0 heterocycles. The highest BCUT2D eigenvalue weighted by atomic mass is 79.9. The van der Waals surface area contributed by atoms with Crippen LogP contribution in [0.4, 0.5) is 8.78 Å². The van der Waals surface area contributed by atoms with E-state index in [2.05, 4.69) is 50.9 Å². The van der Waals surface area contributed by atoms with E-state index in [0.717, 1.165) is 16.2 Å². The Kier molecular flexibility index (Phi) is 5.55. The van der Waals surface area contributed by atoms with E-state index in [1.807, 2.05) is 12.1 Å². The van der Waals surface area contributed by atoms with Crippen molar-refractivity contribution in [2.24, 2.45) is 0 Å². The average Bonchev–Trinajstić information content (AvgIpc) is 2.49. The monoisotopic (exact) mass is 416 g/mol. The lowest BCUT2D eigenvalue weighted by atomic mass is 9.77. The molecule has 0 saturated carbocycles. The van der Waals surface area contributed by atoms with Crippen LogP contribution in [0.3, 0.4) is 0 Å². The molecule has 0 amide bonds. The van der Waals surface area contributed by atoms with E-state index in [1.165, 1.54) is 23.3 Å². The first-order valence-electron chi connectivity index (χ1n) is 6.64. The summed E-state index contributed by atoms with van der Waals surface area (Å²) in [7, 11) is 0. The van der Waals surface area contributed by atoms with E-state index in [1.54, 1.807) is 6.07 Å². The maximum atomic E-state index is 13.4. The van der Waals surface area contributed by atoms with Crippen molar-refractivity contribution < 1.29 is 8.78 Å². The van der Waals surface area contributed by atoms with Crippen molar-refractivity contribution in [2.45, 2.75) is 18.8 Å². The van der Waals surface area contributed by atoms with Gasteiger partial charge in [0, 0.05) is 16.1 Å². The Morgan fingerprint density at radius 2 is 1.62 bits per heavy atom. The van der Waals surface area contributed by atoms with Crippen molar-refractivity contribution in [3.8, 4) is 0 Å². The van der Waals surface area contributed by atoms with Gasteiger partial charge in [0.2, 0.25) is 0 Å². The molecule has 0 aromatic heterocycles. The number of alkyl halides is 2. The molecule has 0 fully saturated rings. The summed E-state index contributed by atoms with van der Waals surface area (Å²) in [5, 5.41) is 1.46. The number of aryl methyl sites for hydroxylation is 1. The number of benzene rings is 2. The molecule has 0 radical (unpaired) electrons. The Hall–Kier alpha value is -0.740. The zero-order valence-electron chi connectivity index (χ0n) is 11.7. The molecule has 0 saturated heterocycles. The van der Waals surface area contributed by atoms with Crippen molar-refractivity contribution in [1.82, 2.24) is 0 Å². The van der Waals surface area contributed by atoms with Gasteiger partial charge >= 0.3 is 0 Å². The molecule has 2 rings (SSSR count). The molecule has 0 aliphatic carbocycles. The summed E-state index contributed by atoms with van der Waals surface area (Å²) in [4.78, 5) is 0. The Bertz CT molecular complexity index is 622. The second-order valence-electron chi connectivity index (χ2n) is 5.29. The SMILES string of the molecule is Cc1ccccc1C(CBr)(CBr)Cc1ccc(F)c(F)c1. The van der Waals surface area contributed by atoms with Crippen LogP contribution < -0.4 is 0 Å². The molecule has 112 valence electrons. The lowest BCUT2D eigenvalue weighted by Crippen LogP contribution is -2.33. The van der Waals surface area contributed by atoms with Crippen LogP contribution in [0.2, 0.25) is 0 Å². The molecular formula is C17H16Br2F2. The Balaban J connectivity index is 2.43. The van der Waals surface area contributed by atoms with Gasteiger partial charge in [-0.05, 0) is 42.2 Å². The van der Waals surface area contributed by atoms with Crippen LogP contribution in [-0.2, 0) is 11.8 Å². The zero-order chi connectivity index (χ0) is 15.5. The van der Waals surface area contributed by atoms with Crippen LogP contribution in [0.15, 0.2) is 42.5 Å². The Morgan fingerprint density at radius 3 is 2.19 bits per heavy atom. The van der Waals surface area contributed by atoms with E-state index in [-0.39, 0.29) is 5.41 Å². The molecule has 0 nitrogen and oxygen atoms in total. The molecule has 0 aliphatic heterocycles. The second-order valence-corrected chi connectivity index (χ2v) is 6.41. The third-order valence-electron chi connectivity index (χ3n) is 3.75. The summed E-state index contributed by atoms with van der Waals surface area (Å²) >= 11 is 7.19. The lowest BCUT2D eigenvalue weighted by molar-refractivity contribution is 0.500. The molecule has 2 aromatic carbocycles. The van der Waals surface area contributed by atoms with Gasteiger partial charge in [0.1, 0.15) is 0 Å². The quantitative estimate of drug-likeness (QED) is 0.560. The van der Waals surface area contributed by atoms with Crippen LogP contribution in [0.25, 0.3) is 0 Å². The number of halogens is 4. The van der Waals surface area contributed by atoms with Crippen LogP contribution in [0.5, 0.6) is 0 Å². The van der Waals surface area contributed by atoms with Crippen LogP contribution >= 0.6 is 31.9 Å². The van der Waals surface area contributed by atoms with Crippen LogP contribution in [-0.4, -0.2) is 10.7 Å². The maximum absolute atomic E-state index is 13.4. The van der Waals surface area contributed by atoms with E-state index in [0.29, 0.717) is 6.42 Å². The molecule has 0 atom stereocenters. The highest BCUT2D eigenvalue weighted by molar-refractivity contribution is 9.09. The van der Waals surface area contributed by atoms with Crippen molar-refractivity contribution in [3.63, 3.8) is 0 Å². The Labute approximate surface area is 140 Å². The van der Waals surface area contributed by atoms with Gasteiger partial charge in [-0.15, -0.1) is 0 Å². The summed E-state index contributed by atoms with van der Waals surface area (Å²) in [5.41, 5.74) is 2.99. The normalized spacial score (nSPS) is 11.7. The lowest BCUT2D eigenvalue weighted by Gasteiger charge is -2.32. The zero-order valence-corrected chi connectivity index (χ0v) is 14.8. The van der Waals surface area contributed by atoms with Gasteiger partial charge in [0.25, 0.3) is 0 Å². The van der Waals surface area contributed by atoms with Gasteiger partial charge in [-0.1, -0.05) is 62.2 Å². The second kappa shape index (κ2) is 7.01. The van der Waals surface area contributed by atoms with E-state index in [9.17, 15) is 8.78 Å². The van der Waals surface area contributed by atoms with Gasteiger partial charge in [-0.25, -0.2) is 8.78 Å². The van der Waals surface area contributed by atoms with Crippen molar-refractivity contribution in [1.29, 1.82) is 0 Å². The molecule has 0 spiro atoms. The maximum Gasteiger partial charge on any atom is 0.159 e. The average molecular weight is 418 g/mol. The summed E-state index contributed by atoms with van der Waals surface area (Å²) in [6, 6.07) is 12.3. The Morgan fingerprint density at radius 1 is 0.952 bits per heavy atom. The fourth-order valence-corrected chi connectivity index (χ4v) is 4.51. The van der Waals surface area contributed by atoms with Crippen LogP contribution in [0.1, 0.15) is 16.7 Å². The first-order valence-corrected chi connectivity index (χ1v) is 8.89. The first-order chi connectivity index (χ1) is 10.0.